The number of amides is 2. The molecule has 1 aliphatic rings. The van der Waals surface area contributed by atoms with Crippen molar-refractivity contribution in [2.75, 3.05) is 32.2 Å². The molecule has 2 amide bonds. The standard InChI is InChI=1S/C22H24N2O5/c1-23(14-16-8-10-19(28-2)11-9-16)21(26)15-29-22(27)17-5-3-6-18(13-17)24-12-4-7-20(24)25/h3,5-6,8-11,13H,4,7,12,14-15H2,1-2H3. The van der Waals surface area contributed by atoms with Crippen LogP contribution in [0.1, 0.15) is 28.8 Å². The minimum absolute atomic E-state index is 0.0471. The number of carbonyl (C=O) groups is 3. The van der Waals surface area contributed by atoms with Crippen molar-refractivity contribution < 1.29 is 23.9 Å². The Balaban J connectivity index is 1.54. The van der Waals surface area contributed by atoms with Crippen molar-refractivity contribution in [3.05, 3.63) is 59.7 Å². The van der Waals surface area contributed by atoms with E-state index >= 15 is 0 Å². The number of nitrogens with zero attached hydrogens (tertiary/aromatic N) is 2. The quantitative estimate of drug-likeness (QED) is 0.673. The summed E-state index contributed by atoms with van der Waals surface area (Å²) in [6.45, 7) is 0.692. The zero-order valence-corrected chi connectivity index (χ0v) is 16.6. The number of rotatable bonds is 7. The number of carbonyl (C=O) groups excluding carboxylic acids is 3. The lowest BCUT2D eigenvalue weighted by Crippen LogP contribution is -2.30. The summed E-state index contributed by atoms with van der Waals surface area (Å²) in [5.74, 6) is -0.106. The fourth-order valence-corrected chi connectivity index (χ4v) is 3.14. The molecule has 2 aromatic rings. The molecule has 0 atom stereocenters. The van der Waals surface area contributed by atoms with Crippen LogP contribution in [0, 0.1) is 0 Å². The molecular formula is C22H24N2O5. The van der Waals surface area contributed by atoms with Crippen LogP contribution in [0.2, 0.25) is 0 Å². The summed E-state index contributed by atoms with van der Waals surface area (Å²) in [4.78, 5) is 39.7. The molecule has 0 aromatic heterocycles. The molecule has 3 rings (SSSR count). The molecule has 7 heteroatoms. The van der Waals surface area contributed by atoms with Gasteiger partial charge in [0, 0.05) is 32.2 Å². The van der Waals surface area contributed by atoms with Crippen molar-refractivity contribution in [2.45, 2.75) is 19.4 Å². The van der Waals surface area contributed by atoms with Crippen LogP contribution in [-0.2, 0) is 20.9 Å². The zero-order valence-electron chi connectivity index (χ0n) is 16.6. The predicted molar refractivity (Wildman–Crippen MR) is 108 cm³/mol. The molecule has 0 bridgehead atoms. The number of ether oxygens (including phenoxy) is 2. The van der Waals surface area contributed by atoms with Gasteiger partial charge < -0.3 is 19.3 Å². The van der Waals surface area contributed by atoms with Gasteiger partial charge in [0.25, 0.3) is 5.91 Å². The van der Waals surface area contributed by atoms with Gasteiger partial charge in [0.05, 0.1) is 12.7 Å². The summed E-state index contributed by atoms with van der Waals surface area (Å²) in [6, 6.07) is 14.1. The Morgan fingerprint density at radius 3 is 2.55 bits per heavy atom. The first-order valence-electron chi connectivity index (χ1n) is 9.42. The van der Waals surface area contributed by atoms with Gasteiger partial charge in [0.1, 0.15) is 5.75 Å². The summed E-state index contributed by atoms with van der Waals surface area (Å²) in [7, 11) is 3.25. The van der Waals surface area contributed by atoms with Crippen molar-refractivity contribution in [3.63, 3.8) is 0 Å². The van der Waals surface area contributed by atoms with Crippen LogP contribution in [0.15, 0.2) is 48.5 Å². The van der Waals surface area contributed by atoms with Gasteiger partial charge in [-0.15, -0.1) is 0 Å². The number of anilines is 1. The van der Waals surface area contributed by atoms with Crippen LogP contribution in [-0.4, -0.2) is 50.0 Å². The van der Waals surface area contributed by atoms with Gasteiger partial charge in [-0.05, 0) is 42.3 Å². The highest BCUT2D eigenvalue weighted by atomic mass is 16.5. The first-order valence-corrected chi connectivity index (χ1v) is 9.42. The highest BCUT2D eigenvalue weighted by Crippen LogP contribution is 2.22. The predicted octanol–water partition coefficient (Wildman–Crippen LogP) is 2.64. The van der Waals surface area contributed by atoms with E-state index in [1.807, 2.05) is 24.3 Å². The second-order valence-electron chi connectivity index (χ2n) is 6.87. The van der Waals surface area contributed by atoms with Crippen molar-refractivity contribution in [3.8, 4) is 5.75 Å². The third kappa shape index (κ3) is 5.13. The molecule has 29 heavy (non-hydrogen) atoms. The Morgan fingerprint density at radius 2 is 1.90 bits per heavy atom. The minimum Gasteiger partial charge on any atom is -0.497 e. The van der Waals surface area contributed by atoms with Crippen LogP contribution in [0.3, 0.4) is 0 Å². The molecule has 2 aromatic carbocycles. The lowest BCUT2D eigenvalue weighted by molar-refractivity contribution is -0.133. The van der Waals surface area contributed by atoms with E-state index in [-0.39, 0.29) is 18.4 Å². The Hall–Kier alpha value is -3.35. The SMILES string of the molecule is COc1ccc(CN(C)C(=O)COC(=O)c2cccc(N3CCCC3=O)c2)cc1. The first kappa shape index (κ1) is 20.4. The van der Waals surface area contributed by atoms with Crippen LogP contribution >= 0.6 is 0 Å². The molecule has 0 radical (unpaired) electrons. The van der Waals surface area contributed by atoms with E-state index in [0.29, 0.717) is 30.8 Å². The lowest BCUT2D eigenvalue weighted by Gasteiger charge is -2.18. The smallest absolute Gasteiger partial charge is 0.338 e. The second kappa shape index (κ2) is 9.23. The second-order valence-corrected chi connectivity index (χ2v) is 6.87. The largest absolute Gasteiger partial charge is 0.497 e. The van der Waals surface area contributed by atoms with E-state index in [0.717, 1.165) is 17.7 Å². The highest BCUT2D eigenvalue weighted by Gasteiger charge is 2.22. The highest BCUT2D eigenvalue weighted by molar-refractivity contribution is 5.97. The first-order chi connectivity index (χ1) is 14.0. The van der Waals surface area contributed by atoms with Gasteiger partial charge >= 0.3 is 5.97 Å². The van der Waals surface area contributed by atoms with Crippen LogP contribution in [0.4, 0.5) is 5.69 Å². The Labute approximate surface area is 169 Å². The Morgan fingerprint density at radius 1 is 1.14 bits per heavy atom. The van der Waals surface area contributed by atoms with E-state index in [2.05, 4.69) is 0 Å². The zero-order chi connectivity index (χ0) is 20.8. The summed E-state index contributed by atoms with van der Waals surface area (Å²) >= 11 is 0. The molecule has 0 N–H and O–H groups in total. The van der Waals surface area contributed by atoms with E-state index in [1.165, 1.54) is 4.90 Å². The maximum Gasteiger partial charge on any atom is 0.338 e. The Kier molecular flexibility index (Phi) is 6.49. The third-order valence-electron chi connectivity index (χ3n) is 4.80. The van der Waals surface area contributed by atoms with Crippen molar-refractivity contribution >= 4 is 23.5 Å². The fourth-order valence-electron chi connectivity index (χ4n) is 3.14. The molecule has 1 fully saturated rings. The summed E-state index contributed by atoms with van der Waals surface area (Å²) in [5, 5.41) is 0. The normalized spacial score (nSPS) is 13.3. The molecule has 0 spiro atoms. The number of likely N-dealkylation sites (N-methyl/N-ethyl adjacent to an activating group) is 1. The van der Waals surface area contributed by atoms with Gasteiger partial charge in [0.15, 0.2) is 6.61 Å². The van der Waals surface area contributed by atoms with Crippen LogP contribution < -0.4 is 9.64 Å². The van der Waals surface area contributed by atoms with Gasteiger partial charge in [-0.3, -0.25) is 9.59 Å². The Bertz CT molecular complexity index is 894. The molecule has 1 heterocycles. The maximum absolute atomic E-state index is 12.3. The fraction of sp³-hybridized carbons (Fsp3) is 0.318. The van der Waals surface area contributed by atoms with E-state index in [9.17, 15) is 14.4 Å². The van der Waals surface area contributed by atoms with Gasteiger partial charge in [0.2, 0.25) is 5.91 Å². The summed E-state index contributed by atoms with van der Waals surface area (Å²) < 4.78 is 10.3. The third-order valence-corrected chi connectivity index (χ3v) is 4.80. The summed E-state index contributed by atoms with van der Waals surface area (Å²) in [5.41, 5.74) is 1.92. The molecule has 7 nitrogen and oxygen atoms in total. The van der Waals surface area contributed by atoms with Crippen LogP contribution in [0.5, 0.6) is 5.75 Å². The summed E-state index contributed by atoms with van der Waals surface area (Å²) in [6.07, 6.45) is 1.33. The number of hydrogen-bond acceptors (Lipinski definition) is 5. The maximum atomic E-state index is 12.3. The van der Waals surface area contributed by atoms with E-state index < -0.39 is 5.97 Å². The van der Waals surface area contributed by atoms with E-state index in [4.69, 9.17) is 9.47 Å². The van der Waals surface area contributed by atoms with E-state index in [1.54, 1.807) is 43.3 Å². The van der Waals surface area contributed by atoms with Gasteiger partial charge in [-0.2, -0.15) is 0 Å². The van der Waals surface area contributed by atoms with Gasteiger partial charge in [-0.1, -0.05) is 18.2 Å². The number of benzene rings is 2. The van der Waals surface area contributed by atoms with Crippen molar-refractivity contribution in [2.24, 2.45) is 0 Å². The molecule has 1 aliphatic heterocycles. The lowest BCUT2D eigenvalue weighted by atomic mass is 10.2. The number of methoxy groups -OCH3 is 1. The number of esters is 1. The van der Waals surface area contributed by atoms with Crippen molar-refractivity contribution in [1.82, 2.24) is 4.90 Å². The average molecular weight is 396 g/mol. The van der Waals surface area contributed by atoms with Gasteiger partial charge in [-0.25, -0.2) is 4.79 Å². The minimum atomic E-state index is -0.593. The molecule has 0 aliphatic carbocycles. The number of hydrogen-bond donors (Lipinski definition) is 0. The monoisotopic (exact) mass is 396 g/mol. The molecular weight excluding hydrogens is 372 g/mol. The average Bonchev–Trinajstić information content (AvgIpc) is 3.18. The van der Waals surface area contributed by atoms with Crippen molar-refractivity contribution in [1.29, 1.82) is 0 Å². The molecule has 152 valence electrons. The topological polar surface area (TPSA) is 76.2 Å². The van der Waals surface area contributed by atoms with Crippen LogP contribution in [0.25, 0.3) is 0 Å². The molecule has 1 saturated heterocycles. The molecule has 0 unspecified atom stereocenters. The molecule has 0 saturated carbocycles.